The number of ether oxygens (including phenoxy) is 2. The molecule has 0 saturated heterocycles. The van der Waals surface area contributed by atoms with Gasteiger partial charge in [0.05, 0.1) is 13.7 Å². The van der Waals surface area contributed by atoms with E-state index in [0.717, 1.165) is 24.3 Å². The Kier molecular flexibility index (Phi) is 13.3. The monoisotopic (exact) mass is 390 g/mol. The molecular weight excluding hydrogens is 356 g/mol. The van der Waals surface area contributed by atoms with Crippen LogP contribution in [0.25, 0.3) is 0 Å². The molecule has 150 valence electrons. The van der Waals surface area contributed by atoms with Crippen LogP contribution in [0.5, 0.6) is 5.75 Å². The van der Waals surface area contributed by atoms with E-state index in [-0.39, 0.29) is 5.97 Å². The topological polar surface area (TPSA) is 35.5 Å². The van der Waals surface area contributed by atoms with Gasteiger partial charge in [0.15, 0.2) is 0 Å². The molecule has 0 aliphatic carbocycles. The van der Waals surface area contributed by atoms with E-state index in [4.69, 9.17) is 9.47 Å². The molecular formula is C23H34O3S. The standard InChI is InChI=1S/C23H34O3S/c1-4-6-7-8-9-10-11-12-22(17-18-23(24)26-5-2)27-19-20-13-15-21(25-3)16-14-20/h4,13-18,22H,1,5-12,19H2,2-3H3/b18-17+/t22-/m0/s1. The van der Waals surface area contributed by atoms with E-state index in [1.165, 1.54) is 37.7 Å². The Morgan fingerprint density at radius 1 is 1.15 bits per heavy atom. The summed E-state index contributed by atoms with van der Waals surface area (Å²) in [6.07, 6.45) is 14.0. The first kappa shape index (κ1) is 23.4. The van der Waals surface area contributed by atoms with Gasteiger partial charge in [-0.15, -0.1) is 18.3 Å². The molecule has 0 bridgehead atoms. The quantitative estimate of drug-likeness (QED) is 0.152. The maximum Gasteiger partial charge on any atom is 0.330 e. The number of rotatable bonds is 15. The Balaban J connectivity index is 2.45. The minimum atomic E-state index is -0.253. The summed E-state index contributed by atoms with van der Waals surface area (Å²) in [6.45, 7) is 6.01. The zero-order valence-corrected chi connectivity index (χ0v) is 17.6. The zero-order chi connectivity index (χ0) is 19.7. The fourth-order valence-corrected chi connectivity index (χ4v) is 3.82. The van der Waals surface area contributed by atoms with Gasteiger partial charge in [-0.3, -0.25) is 0 Å². The summed E-state index contributed by atoms with van der Waals surface area (Å²) in [5.41, 5.74) is 1.26. The molecule has 0 radical (unpaired) electrons. The van der Waals surface area contributed by atoms with Gasteiger partial charge in [-0.25, -0.2) is 4.79 Å². The van der Waals surface area contributed by atoms with E-state index in [2.05, 4.69) is 18.7 Å². The third kappa shape index (κ3) is 11.6. The highest BCUT2D eigenvalue weighted by Crippen LogP contribution is 2.25. The van der Waals surface area contributed by atoms with Crippen LogP contribution in [-0.4, -0.2) is 24.9 Å². The van der Waals surface area contributed by atoms with Crippen molar-refractivity contribution in [2.45, 2.75) is 62.9 Å². The fourth-order valence-electron chi connectivity index (χ4n) is 2.70. The Morgan fingerprint density at radius 2 is 1.85 bits per heavy atom. The third-order valence-corrected chi connectivity index (χ3v) is 5.57. The smallest absolute Gasteiger partial charge is 0.330 e. The number of methoxy groups -OCH3 is 1. The lowest BCUT2D eigenvalue weighted by Crippen LogP contribution is -2.04. The fraction of sp³-hybridized carbons (Fsp3) is 0.522. The van der Waals surface area contributed by atoms with Crippen LogP contribution in [0.15, 0.2) is 49.1 Å². The molecule has 27 heavy (non-hydrogen) atoms. The summed E-state index contributed by atoms with van der Waals surface area (Å²) in [5, 5.41) is 0.324. The first-order chi connectivity index (χ1) is 13.2. The summed E-state index contributed by atoms with van der Waals surface area (Å²) in [4.78, 5) is 11.6. The van der Waals surface area contributed by atoms with Crippen molar-refractivity contribution in [3.8, 4) is 5.75 Å². The SMILES string of the molecule is C=CCCCCCCC[C@@H](/C=C/C(=O)OCC)SCc1ccc(OC)cc1. The van der Waals surface area contributed by atoms with Crippen LogP contribution in [-0.2, 0) is 15.3 Å². The van der Waals surface area contributed by atoms with E-state index in [1.807, 2.05) is 43.0 Å². The van der Waals surface area contributed by atoms with Gasteiger partial charge in [0.25, 0.3) is 0 Å². The number of allylic oxidation sites excluding steroid dienone is 1. The highest BCUT2D eigenvalue weighted by molar-refractivity contribution is 7.99. The molecule has 0 unspecified atom stereocenters. The van der Waals surface area contributed by atoms with E-state index < -0.39 is 0 Å². The maximum atomic E-state index is 11.6. The normalized spacial score (nSPS) is 12.1. The lowest BCUT2D eigenvalue weighted by molar-refractivity contribution is -0.137. The van der Waals surface area contributed by atoms with Crippen molar-refractivity contribution in [3.63, 3.8) is 0 Å². The van der Waals surface area contributed by atoms with Gasteiger partial charge in [-0.05, 0) is 43.9 Å². The van der Waals surface area contributed by atoms with E-state index in [0.29, 0.717) is 11.9 Å². The number of benzene rings is 1. The third-order valence-electron chi connectivity index (χ3n) is 4.25. The van der Waals surface area contributed by atoms with E-state index in [9.17, 15) is 4.79 Å². The molecule has 0 spiro atoms. The molecule has 3 nitrogen and oxygen atoms in total. The van der Waals surface area contributed by atoms with Crippen LogP contribution in [0.1, 0.15) is 57.4 Å². The molecule has 0 amide bonds. The summed E-state index contributed by atoms with van der Waals surface area (Å²) in [6, 6.07) is 8.17. The van der Waals surface area contributed by atoms with E-state index >= 15 is 0 Å². The molecule has 4 heteroatoms. The average Bonchev–Trinajstić information content (AvgIpc) is 2.69. The minimum absolute atomic E-state index is 0.253. The number of esters is 1. The van der Waals surface area contributed by atoms with Crippen LogP contribution >= 0.6 is 11.8 Å². The van der Waals surface area contributed by atoms with E-state index in [1.54, 1.807) is 13.2 Å². The number of hydrogen-bond acceptors (Lipinski definition) is 4. The average molecular weight is 391 g/mol. The largest absolute Gasteiger partial charge is 0.497 e. The van der Waals surface area contributed by atoms with Gasteiger partial charge in [-0.1, -0.05) is 50.0 Å². The summed E-state index contributed by atoms with van der Waals surface area (Å²) < 4.78 is 10.2. The molecule has 0 fully saturated rings. The van der Waals surface area contributed by atoms with Gasteiger partial charge >= 0.3 is 5.97 Å². The molecule has 1 rings (SSSR count). The first-order valence-corrected chi connectivity index (χ1v) is 10.9. The molecule has 0 saturated carbocycles. The van der Waals surface area contributed by atoms with Crippen molar-refractivity contribution in [1.82, 2.24) is 0 Å². The number of unbranched alkanes of at least 4 members (excludes halogenated alkanes) is 5. The van der Waals surface area contributed by atoms with Crippen molar-refractivity contribution in [3.05, 3.63) is 54.6 Å². The summed E-state index contributed by atoms with van der Waals surface area (Å²) in [7, 11) is 1.68. The summed E-state index contributed by atoms with van der Waals surface area (Å²) >= 11 is 1.87. The van der Waals surface area contributed by atoms with Gasteiger partial charge in [0.1, 0.15) is 5.75 Å². The molecule has 0 aromatic heterocycles. The maximum absolute atomic E-state index is 11.6. The zero-order valence-electron chi connectivity index (χ0n) is 16.8. The molecule has 1 aromatic rings. The van der Waals surface area contributed by atoms with Gasteiger partial charge in [0.2, 0.25) is 0 Å². The second-order valence-electron chi connectivity index (χ2n) is 6.44. The number of carbonyl (C=O) groups excluding carboxylic acids is 1. The number of hydrogen-bond donors (Lipinski definition) is 0. The number of thioether (sulfide) groups is 1. The Morgan fingerprint density at radius 3 is 2.52 bits per heavy atom. The van der Waals surface area contributed by atoms with Crippen molar-refractivity contribution in [2.75, 3.05) is 13.7 Å². The van der Waals surface area contributed by atoms with Gasteiger partial charge in [0, 0.05) is 17.1 Å². The number of carbonyl (C=O) groups is 1. The highest BCUT2D eigenvalue weighted by atomic mass is 32.2. The van der Waals surface area contributed by atoms with Crippen LogP contribution in [0.4, 0.5) is 0 Å². The molecule has 0 N–H and O–H groups in total. The van der Waals surface area contributed by atoms with Crippen LogP contribution in [0.3, 0.4) is 0 Å². The second-order valence-corrected chi connectivity index (χ2v) is 7.67. The lowest BCUT2D eigenvalue weighted by Gasteiger charge is -2.13. The molecule has 1 atom stereocenters. The van der Waals surface area contributed by atoms with Crippen LogP contribution < -0.4 is 4.74 Å². The van der Waals surface area contributed by atoms with Crippen LogP contribution in [0, 0.1) is 0 Å². The minimum Gasteiger partial charge on any atom is -0.497 e. The Hall–Kier alpha value is -1.68. The van der Waals surface area contributed by atoms with Crippen LogP contribution in [0.2, 0.25) is 0 Å². The second kappa shape index (κ2) is 15.4. The molecule has 0 heterocycles. The predicted octanol–water partition coefficient (Wildman–Crippen LogP) is 6.33. The van der Waals surface area contributed by atoms with Crippen molar-refractivity contribution >= 4 is 17.7 Å². The summed E-state index contributed by atoms with van der Waals surface area (Å²) in [5.74, 6) is 1.54. The van der Waals surface area contributed by atoms with Crippen molar-refractivity contribution in [2.24, 2.45) is 0 Å². The highest BCUT2D eigenvalue weighted by Gasteiger charge is 2.08. The Bertz CT molecular complexity index is 551. The molecule has 1 aromatic carbocycles. The van der Waals surface area contributed by atoms with Gasteiger partial charge in [-0.2, -0.15) is 0 Å². The van der Waals surface area contributed by atoms with Gasteiger partial charge < -0.3 is 9.47 Å². The van der Waals surface area contributed by atoms with Crippen molar-refractivity contribution < 1.29 is 14.3 Å². The predicted molar refractivity (Wildman–Crippen MR) is 116 cm³/mol. The van der Waals surface area contributed by atoms with Crippen molar-refractivity contribution in [1.29, 1.82) is 0 Å². The molecule has 0 aliphatic rings. The first-order valence-electron chi connectivity index (χ1n) is 9.90. The molecule has 0 aliphatic heterocycles. The lowest BCUT2D eigenvalue weighted by atomic mass is 10.1. The Labute approximate surface area is 169 Å².